The van der Waals surface area contributed by atoms with E-state index in [0.29, 0.717) is 57.3 Å². The first-order valence-electron chi connectivity index (χ1n) is 12.3. The Kier molecular flexibility index (Phi) is 7.05. The summed E-state index contributed by atoms with van der Waals surface area (Å²) in [5.41, 5.74) is 2.88. The minimum Gasteiger partial charge on any atom is -0.495 e. The van der Waals surface area contributed by atoms with Crippen molar-refractivity contribution in [3.05, 3.63) is 107 Å². The topological polar surface area (TPSA) is 95.3 Å². The van der Waals surface area contributed by atoms with Crippen LogP contribution in [-0.2, 0) is 6.54 Å². The number of rotatable bonds is 7. The van der Waals surface area contributed by atoms with Crippen LogP contribution in [0.5, 0.6) is 17.2 Å². The van der Waals surface area contributed by atoms with Crippen LogP contribution in [0.15, 0.2) is 84.0 Å². The van der Waals surface area contributed by atoms with Gasteiger partial charge in [-0.25, -0.2) is 9.37 Å². The molecule has 2 aromatic carbocycles. The maximum absolute atomic E-state index is 13.5. The molecule has 0 bridgehead atoms. The molecular formula is C30H25FN4O4. The highest BCUT2D eigenvalue weighted by molar-refractivity contribution is 6.04. The Hall–Kier alpha value is -5.05. The van der Waals surface area contributed by atoms with Crippen LogP contribution in [0.3, 0.4) is 0 Å². The lowest BCUT2D eigenvalue weighted by Crippen LogP contribution is -2.26. The molecule has 0 aliphatic rings. The van der Waals surface area contributed by atoms with Crippen molar-refractivity contribution in [1.29, 1.82) is 0 Å². The van der Waals surface area contributed by atoms with Crippen molar-refractivity contribution in [3.63, 3.8) is 0 Å². The summed E-state index contributed by atoms with van der Waals surface area (Å²) < 4.78 is 26.5. The zero-order chi connectivity index (χ0) is 27.5. The largest absolute Gasteiger partial charge is 0.495 e. The first-order valence-corrected chi connectivity index (χ1v) is 12.3. The third-order valence-electron chi connectivity index (χ3n) is 6.36. The molecule has 39 heavy (non-hydrogen) atoms. The van der Waals surface area contributed by atoms with E-state index in [1.807, 2.05) is 18.4 Å². The van der Waals surface area contributed by atoms with Gasteiger partial charge < -0.3 is 19.4 Å². The van der Waals surface area contributed by atoms with Gasteiger partial charge in [0.2, 0.25) is 5.43 Å². The second kappa shape index (κ2) is 10.7. The van der Waals surface area contributed by atoms with Crippen molar-refractivity contribution in [2.24, 2.45) is 0 Å². The van der Waals surface area contributed by atoms with Gasteiger partial charge in [0, 0.05) is 48.0 Å². The second-order valence-electron chi connectivity index (χ2n) is 8.76. The highest BCUT2D eigenvalue weighted by Gasteiger charge is 2.19. The van der Waals surface area contributed by atoms with Crippen LogP contribution in [0.25, 0.3) is 22.2 Å². The van der Waals surface area contributed by atoms with E-state index in [-0.39, 0.29) is 5.56 Å². The van der Waals surface area contributed by atoms with Crippen LogP contribution < -0.4 is 20.2 Å². The fourth-order valence-corrected chi connectivity index (χ4v) is 4.31. The number of methoxy groups -OCH3 is 1. The van der Waals surface area contributed by atoms with Gasteiger partial charge in [-0.05, 0) is 55.8 Å². The molecule has 0 saturated heterocycles. The lowest BCUT2D eigenvalue weighted by Gasteiger charge is -2.16. The molecule has 1 amide bonds. The van der Waals surface area contributed by atoms with E-state index < -0.39 is 17.2 Å². The lowest BCUT2D eigenvalue weighted by molar-refractivity contribution is 0.102. The molecule has 0 fully saturated rings. The number of nitrogens with zero attached hydrogens (tertiary/aromatic N) is 3. The van der Waals surface area contributed by atoms with Crippen molar-refractivity contribution in [1.82, 2.24) is 14.5 Å². The summed E-state index contributed by atoms with van der Waals surface area (Å²) in [6.07, 6.45) is 4.76. The molecule has 0 spiro atoms. The standard InChI is InChI=1S/C30H25FN4O4/c1-4-35-17-24(29(36)27(18(35)2)19-5-7-20(31)8-6-19)30(37)34-21-9-11-22(12-10-21)39-26-13-14-32-25-15-23(38-3)16-33-28(25)26/h5-17H,4H2,1-3H3,(H,34,37). The van der Waals surface area contributed by atoms with Crippen LogP contribution in [0.1, 0.15) is 23.0 Å². The molecule has 0 unspecified atom stereocenters. The number of carbonyl (C=O) groups is 1. The number of anilines is 1. The monoisotopic (exact) mass is 524 g/mol. The summed E-state index contributed by atoms with van der Waals surface area (Å²) in [6, 6.07) is 15.9. The molecule has 196 valence electrons. The number of ether oxygens (including phenoxy) is 2. The second-order valence-corrected chi connectivity index (χ2v) is 8.76. The maximum Gasteiger partial charge on any atom is 0.261 e. The Morgan fingerprint density at radius 1 is 1.03 bits per heavy atom. The van der Waals surface area contributed by atoms with Crippen molar-refractivity contribution < 1.29 is 18.7 Å². The van der Waals surface area contributed by atoms with Crippen LogP contribution in [-0.4, -0.2) is 27.6 Å². The van der Waals surface area contributed by atoms with Crippen LogP contribution in [0, 0.1) is 12.7 Å². The first-order chi connectivity index (χ1) is 18.9. The minimum absolute atomic E-state index is 0.00754. The summed E-state index contributed by atoms with van der Waals surface area (Å²) in [6.45, 7) is 4.28. The van der Waals surface area contributed by atoms with E-state index in [9.17, 15) is 14.0 Å². The van der Waals surface area contributed by atoms with Gasteiger partial charge in [0.25, 0.3) is 5.91 Å². The Morgan fingerprint density at radius 3 is 2.46 bits per heavy atom. The van der Waals surface area contributed by atoms with Crippen molar-refractivity contribution in [2.75, 3.05) is 12.4 Å². The predicted molar refractivity (Wildman–Crippen MR) is 147 cm³/mol. The fourth-order valence-electron chi connectivity index (χ4n) is 4.31. The van der Waals surface area contributed by atoms with E-state index >= 15 is 0 Å². The third-order valence-corrected chi connectivity index (χ3v) is 6.36. The quantitative estimate of drug-likeness (QED) is 0.282. The van der Waals surface area contributed by atoms with E-state index in [4.69, 9.17) is 9.47 Å². The summed E-state index contributed by atoms with van der Waals surface area (Å²) in [4.78, 5) is 35.2. The Balaban J connectivity index is 1.39. The molecule has 9 heteroatoms. The number of halogens is 1. The number of fused-ring (bicyclic) bond motifs is 1. The number of pyridine rings is 3. The molecule has 3 heterocycles. The Labute approximate surface area is 223 Å². The molecule has 5 rings (SSSR count). The van der Waals surface area contributed by atoms with Gasteiger partial charge in [-0.15, -0.1) is 0 Å². The van der Waals surface area contributed by atoms with Crippen molar-refractivity contribution in [3.8, 4) is 28.4 Å². The van der Waals surface area contributed by atoms with Crippen molar-refractivity contribution >= 4 is 22.6 Å². The number of carbonyl (C=O) groups excluding carboxylic acids is 1. The zero-order valence-corrected chi connectivity index (χ0v) is 21.6. The number of aryl methyl sites for hydroxylation is 1. The van der Waals surface area contributed by atoms with E-state index in [1.54, 1.807) is 62.1 Å². The molecule has 1 N–H and O–H groups in total. The molecule has 0 atom stereocenters. The number of hydrogen-bond acceptors (Lipinski definition) is 6. The molecule has 0 aliphatic heterocycles. The van der Waals surface area contributed by atoms with Gasteiger partial charge >= 0.3 is 0 Å². The number of hydrogen-bond donors (Lipinski definition) is 1. The van der Waals surface area contributed by atoms with Crippen LogP contribution in [0.4, 0.5) is 10.1 Å². The van der Waals surface area contributed by atoms with Gasteiger partial charge in [0.05, 0.1) is 18.8 Å². The number of amides is 1. The molecular weight excluding hydrogens is 499 g/mol. The summed E-state index contributed by atoms with van der Waals surface area (Å²) >= 11 is 0. The first kappa shape index (κ1) is 25.6. The highest BCUT2D eigenvalue weighted by atomic mass is 19.1. The van der Waals surface area contributed by atoms with E-state index in [1.165, 1.54) is 24.3 Å². The lowest BCUT2D eigenvalue weighted by atomic mass is 10.0. The average molecular weight is 525 g/mol. The van der Waals surface area contributed by atoms with Gasteiger partial charge in [-0.3, -0.25) is 14.6 Å². The molecule has 5 aromatic rings. The molecule has 3 aromatic heterocycles. The van der Waals surface area contributed by atoms with Crippen LogP contribution in [0.2, 0.25) is 0 Å². The van der Waals surface area contributed by atoms with Gasteiger partial charge in [0.1, 0.15) is 28.4 Å². The van der Waals surface area contributed by atoms with Gasteiger partial charge in [-0.1, -0.05) is 12.1 Å². The maximum atomic E-state index is 13.5. The zero-order valence-electron chi connectivity index (χ0n) is 21.6. The summed E-state index contributed by atoms with van der Waals surface area (Å²) in [5, 5.41) is 2.79. The number of nitrogens with one attached hydrogen (secondary N) is 1. The highest BCUT2D eigenvalue weighted by Crippen LogP contribution is 2.29. The minimum atomic E-state index is -0.544. The Bertz CT molecular complexity index is 1730. The molecule has 0 saturated carbocycles. The summed E-state index contributed by atoms with van der Waals surface area (Å²) in [7, 11) is 1.56. The molecule has 0 radical (unpaired) electrons. The van der Waals surface area contributed by atoms with E-state index in [2.05, 4.69) is 15.3 Å². The average Bonchev–Trinajstić information content (AvgIpc) is 2.95. The van der Waals surface area contributed by atoms with Gasteiger partial charge in [0.15, 0.2) is 5.75 Å². The smallest absolute Gasteiger partial charge is 0.261 e. The number of benzene rings is 2. The molecule has 8 nitrogen and oxygen atoms in total. The predicted octanol–water partition coefficient (Wildman–Crippen LogP) is 5.98. The normalized spacial score (nSPS) is 10.9. The SMILES string of the molecule is CCn1cc(C(=O)Nc2ccc(Oc3ccnc4cc(OC)cnc34)cc2)c(=O)c(-c2ccc(F)cc2)c1C. The Morgan fingerprint density at radius 2 is 1.77 bits per heavy atom. The van der Waals surface area contributed by atoms with Gasteiger partial charge in [-0.2, -0.15) is 0 Å². The van der Waals surface area contributed by atoms with E-state index in [0.717, 1.165) is 0 Å². The summed E-state index contributed by atoms with van der Waals surface area (Å²) in [5.74, 6) is 0.698. The molecule has 0 aliphatic carbocycles. The fraction of sp³-hybridized carbons (Fsp3) is 0.133. The third kappa shape index (κ3) is 5.19. The number of aromatic nitrogens is 3. The van der Waals surface area contributed by atoms with Crippen molar-refractivity contribution in [2.45, 2.75) is 20.4 Å². The van der Waals surface area contributed by atoms with Crippen LogP contribution >= 0.6 is 0 Å².